The lowest BCUT2D eigenvalue weighted by molar-refractivity contribution is -0.144. The zero-order valence-corrected chi connectivity index (χ0v) is 13.2. The minimum atomic E-state index is -0.450. The third-order valence-corrected chi connectivity index (χ3v) is 4.89. The summed E-state index contributed by atoms with van der Waals surface area (Å²) in [7, 11) is 0. The van der Waals surface area contributed by atoms with Crippen LogP contribution in [0.3, 0.4) is 0 Å². The molecule has 0 aromatic heterocycles. The molecule has 4 atom stereocenters. The summed E-state index contributed by atoms with van der Waals surface area (Å²) in [5, 5.41) is 3.28. The second-order valence-corrected chi connectivity index (χ2v) is 6.34. The highest BCUT2D eigenvalue weighted by molar-refractivity contribution is 5.86. The van der Waals surface area contributed by atoms with Gasteiger partial charge in [-0.3, -0.25) is 9.59 Å². The molecule has 2 fully saturated rings. The number of carbonyl (C=O) groups is 2. The normalized spacial score (nSPS) is 33.9. The first-order valence-electron chi connectivity index (χ1n) is 7.86. The maximum atomic E-state index is 13.0. The molecule has 0 aromatic rings. The lowest BCUT2D eigenvalue weighted by Gasteiger charge is -2.36. The number of hydrogen-bond donors (Lipinski definition) is 2. The second-order valence-electron chi connectivity index (χ2n) is 6.34. The highest BCUT2D eigenvalue weighted by Gasteiger charge is 2.44. The van der Waals surface area contributed by atoms with Crippen molar-refractivity contribution in [3.05, 3.63) is 0 Å². The smallest absolute Gasteiger partial charge is 0.237 e. The van der Waals surface area contributed by atoms with Gasteiger partial charge in [-0.05, 0) is 45.7 Å². The molecular weight excluding hydrogens is 270 g/mol. The van der Waals surface area contributed by atoms with Crippen molar-refractivity contribution in [2.45, 2.75) is 51.9 Å². The van der Waals surface area contributed by atoms with Crippen LogP contribution in [0.1, 0.15) is 33.6 Å². The van der Waals surface area contributed by atoms with E-state index in [2.05, 4.69) is 5.32 Å². The van der Waals surface area contributed by atoms with E-state index in [4.69, 9.17) is 10.5 Å². The van der Waals surface area contributed by atoms with Crippen molar-refractivity contribution >= 4 is 11.8 Å². The molecule has 0 saturated carbocycles. The van der Waals surface area contributed by atoms with Crippen molar-refractivity contribution < 1.29 is 14.3 Å². The molecule has 21 heavy (non-hydrogen) atoms. The van der Waals surface area contributed by atoms with Gasteiger partial charge in [0.25, 0.3) is 0 Å². The summed E-state index contributed by atoms with van der Waals surface area (Å²) in [6, 6.07) is 0.0987. The molecule has 2 rings (SSSR count). The first-order valence-corrected chi connectivity index (χ1v) is 7.86. The van der Waals surface area contributed by atoms with Crippen LogP contribution in [0.4, 0.5) is 0 Å². The second kappa shape index (κ2) is 6.75. The molecule has 2 saturated heterocycles. The molecule has 2 aliphatic rings. The maximum Gasteiger partial charge on any atom is 0.237 e. The van der Waals surface area contributed by atoms with E-state index >= 15 is 0 Å². The summed E-state index contributed by atoms with van der Waals surface area (Å²) in [6.45, 7) is 7.73. The van der Waals surface area contributed by atoms with Gasteiger partial charge in [0.15, 0.2) is 0 Å². The van der Waals surface area contributed by atoms with Gasteiger partial charge in [-0.2, -0.15) is 0 Å². The van der Waals surface area contributed by atoms with Gasteiger partial charge in [-0.25, -0.2) is 0 Å². The van der Waals surface area contributed by atoms with Gasteiger partial charge in [0.1, 0.15) is 0 Å². The number of nitrogens with two attached hydrogens (primary N) is 1. The number of rotatable bonds is 4. The lowest BCUT2D eigenvalue weighted by atomic mass is 9.87. The number of primary amides is 1. The van der Waals surface area contributed by atoms with Gasteiger partial charge in [0.2, 0.25) is 11.8 Å². The Balaban J connectivity index is 2.15. The Morgan fingerprint density at radius 3 is 2.29 bits per heavy atom. The van der Waals surface area contributed by atoms with Crippen LogP contribution in [0.15, 0.2) is 0 Å². The van der Waals surface area contributed by atoms with Gasteiger partial charge >= 0.3 is 0 Å². The number of carbonyl (C=O) groups excluding carboxylic acids is 2. The Labute approximate surface area is 126 Å². The monoisotopic (exact) mass is 297 g/mol. The fourth-order valence-corrected chi connectivity index (χ4v) is 3.56. The summed E-state index contributed by atoms with van der Waals surface area (Å²) in [4.78, 5) is 26.0. The number of nitrogens with one attached hydrogen (secondary N) is 1. The van der Waals surface area contributed by atoms with Crippen LogP contribution in [0.25, 0.3) is 0 Å². The quantitative estimate of drug-likeness (QED) is 0.771. The number of hydrogen-bond acceptors (Lipinski definition) is 4. The largest absolute Gasteiger partial charge is 0.374 e. The molecule has 120 valence electrons. The third-order valence-electron chi connectivity index (χ3n) is 4.89. The predicted molar refractivity (Wildman–Crippen MR) is 79.5 cm³/mol. The molecule has 0 radical (unpaired) electrons. The third kappa shape index (κ3) is 3.55. The highest BCUT2D eigenvalue weighted by atomic mass is 16.5. The minimum absolute atomic E-state index is 0.00776. The average Bonchev–Trinajstić information content (AvgIpc) is 2.70. The molecule has 2 aliphatic heterocycles. The van der Waals surface area contributed by atoms with Gasteiger partial charge in [-0.15, -0.1) is 0 Å². The Morgan fingerprint density at radius 1 is 1.19 bits per heavy atom. The van der Waals surface area contributed by atoms with Crippen LogP contribution >= 0.6 is 0 Å². The Morgan fingerprint density at radius 2 is 1.81 bits per heavy atom. The van der Waals surface area contributed by atoms with E-state index in [9.17, 15) is 9.59 Å². The maximum absolute atomic E-state index is 13.0. The summed E-state index contributed by atoms with van der Waals surface area (Å²) in [5.41, 5.74) is 5.35. The van der Waals surface area contributed by atoms with Crippen molar-refractivity contribution in [3.8, 4) is 0 Å². The molecule has 0 spiro atoms. The number of piperidine rings is 1. The number of amides is 2. The molecule has 6 nitrogen and oxygen atoms in total. The predicted octanol–water partition coefficient (Wildman–Crippen LogP) is 0.112. The van der Waals surface area contributed by atoms with Crippen LogP contribution in [-0.4, -0.2) is 54.6 Å². The van der Waals surface area contributed by atoms with E-state index in [1.807, 2.05) is 20.8 Å². The summed E-state index contributed by atoms with van der Waals surface area (Å²) in [5.74, 6) is -0.460. The molecule has 3 N–H and O–H groups in total. The zero-order chi connectivity index (χ0) is 15.6. The first kappa shape index (κ1) is 16.2. The van der Waals surface area contributed by atoms with E-state index in [1.54, 1.807) is 4.90 Å². The van der Waals surface area contributed by atoms with Gasteiger partial charge in [0.05, 0.1) is 24.7 Å². The Hall–Kier alpha value is -1.14. The van der Waals surface area contributed by atoms with E-state index < -0.39 is 5.91 Å². The number of nitrogens with zero attached hydrogens (tertiary/aromatic N) is 1. The van der Waals surface area contributed by atoms with Crippen LogP contribution in [0, 0.1) is 11.8 Å². The van der Waals surface area contributed by atoms with Crippen LogP contribution in [0.5, 0.6) is 0 Å². The molecule has 0 aliphatic carbocycles. The summed E-state index contributed by atoms with van der Waals surface area (Å²) >= 11 is 0. The molecule has 6 heteroatoms. The fraction of sp³-hybridized carbons (Fsp3) is 0.867. The van der Waals surface area contributed by atoms with E-state index in [1.165, 1.54) is 0 Å². The number of ether oxygens (including phenoxy) is 1. The molecule has 0 aromatic carbocycles. The van der Waals surface area contributed by atoms with E-state index in [-0.39, 0.29) is 42.5 Å². The van der Waals surface area contributed by atoms with E-state index in [0.29, 0.717) is 0 Å². The summed E-state index contributed by atoms with van der Waals surface area (Å²) in [6.07, 6.45) is 1.69. The summed E-state index contributed by atoms with van der Waals surface area (Å²) < 4.78 is 5.77. The highest BCUT2D eigenvalue weighted by Crippen LogP contribution is 2.34. The lowest BCUT2D eigenvalue weighted by Crippen LogP contribution is -2.52. The van der Waals surface area contributed by atoms with Crippen LogP contribution in [0.2, 0.25) is 0 Å². The molecule has 2 amide bonds. The zero-order valence-electron chi connectivity index (χ0n) is 13.2. The molecule has 2 heterocycles. The molecular formula is C15H27N3O3. The standard InChI is InChI=1S/C15H27N3O3/c1-9-10(2)21-11(3)14(9)15(20)18(8-13(16)19)12-4-6-17-7-5-12/h9-12,14,17H,4-8H2,1-3H3,(H2,16,19). The van der Waals surface area contributed by atoms with Crippen LogP contribution < -0.4 is 11.1 Å². The van der Waals surface area contributed by atoms with Crippen molar-refractivity contribution in [2.75, 3.05) is 19.6 Å². The van der Waals surface area contributed by atoms with Gasteiger partial charge < -0.3 is 20.7 Å². The van der Waals surface area contributed by atoms with Crippen molar-refractivity contribution in [1.82, 2.24) is 10.2 Å². The Bertz CT molecular complexity index is 396. The average molecular weight is 297 g/mol. The molecule has 4 unspecified atom stereocenters. The van der Waals surface area contributed by atoms with Crippen molar-refractivity contribution in [3.63, 3.8) is 0 Å². The van der Waals surface area contributed by atoms with Gasteiger partial charge in [0, 0.05) is 6.04 Å². The molecule has 0 bridgehead atoms. The first-order chi connectivity index (χ1) is 9.91. The Kier molecular flexibility index (Phi) is 5.22. The van der Waals surface area contributed by atoms with E-state index in [0.717, 1.165) is 25.9 Å². The SMILES string of the molecule is CC1OC(C)C(C(=O)N(CC(N)=O)C2CCNCC2)C1C. The van der Waals surface area contributed by atoms with Crippen molar-refractivity contribution in [2.24, 2.45) is 17.6 Å². The van der Waals surface area contributed by atoms with Crippen molar-refractivity contribution in [1.29, 1.82) is 0 Å². The topological polar surface area (TPSA) is 84.7 Å². The minimum Gasteiger partial charge on any atom is -0.374 e. The van der Waals surface area contributed by atoms with Gasteiger partial charge in [-0.1, -0.05) is 6.92 Å². The van der Waals surface area contributed by atoms with Crippen LogP contribution in [-0.2, 0) is 14.3 Å². The fourth-order valence-electron chi connectivity index (χ4n) is 3.56.